The number of nitrogens with zero attached hydrogens (tertiary/aromatic N) is 5. The Kier molecular flexibility index (Phi) is 9.84. The fourth-order valence-electron chi connectivity index (χ4n) is 3.99. The fraction of sp³-hybridized carbons (Fsp3) is 0.444. The molecule has 1 saturated heterocycles. The number of hydrogen-bond donors (Lipinski definition) is 4. The molecule has 2 aromatic heterocycles. The van der Waals surface area contributed by atoms with Crippen LogP contribution in [0, 0.1) is 11.8 Å². The summed E-state index contributed by atoms with van der Waals surface area (Å²) >= 11 is 0. The number of amides is 1. The van der Waals surface area contributed by atoms with E-state index in [1.807, 2.05) is 31.4 Å². The summed E-state index contributed by atoms with van der Waals surface area (Å²) in [6.07, 6.45) is -5.08. The van der Waals surface area contributed by atoms with E-state index < -0.39 is 12.1 Å². The zero-order valence-corrected chi connectivity index (χ0v) is 23.9. The van der Waals surface area contributed by atoms with Gasteiger partial charge in [-0.3, -0.25) is 18.7 Å². The number of halogens is 3. The van der Waals surface area contributed by atoms with E-state index in [9.17, 15) is 22.8 Å². The van der Waals surface area contributed by atoms with Gasteiger partial charge in [0.2, 0.25) is 11.9 Å². The van der Waals surface area contributed by atoms with Crippen molar-refractivity contribution < 1.29 is 27.9 Å². The molecule has 0 unspecified atom stereocenters. The predicted octanol–water partition coefficient (Wildman–Crippen LogP) is 2.47. The molecule has 12 nitrogen and oxygen atoms in total. The maximum absolute atomic E-state index is 13.5. The molecule has 3 heterocycles. The summed E-state index contributed by atoms with van der Waals surface area (Å²) in [5.74, 6) is 3.98. The van der Waals surface area contributed by atoms with E-state index in [0.717, 1.165) is 26.2 Å². The van der Waals surface area contributed by atoms with Crippen LogP contribution in [0.1, 0.15) is 38.1 Å². The van der Waals surface area contributed by atoms with Crippen LogP contribution >= 0.6 is 0 Å². The Balaban J connectivity index is 0.000000616. The second-order valence-electron chi connectivity index (χ2n) is 10.3. The molecule has 1 aliphatic rings. The Hall–Kier alpha value is -4.58. The molecule has 15 heteroatoms. The molecule has 0 atom stereocenters. The van der Waals surface area contributed by atoms with E-state index in [1.165, 1.54) is 4.57 Å². The molecular weight excluding hydrogens is 557 g/mol. The summed E-state index contributed by atoms with van der Waals surface area (Å²) < 4.78 is 35.0. The van der Waals surface area contributed by atoms with E-state index in [0.29, 0.717) is 40.9 Å². The second kappa shape index (κ2) is 12.9. The zero-order valence-electron chi connectivity index (χ0n) is 23.9. The maximum Gasteiger partial charge on any atom is 0.490 e. The lowest BCUT2D eigenvalue weighted by molar-refractivity contribution is -0.192. The summed E-state index contributed by atoms with van der Waals surface area (Å²) in [5.41, 5.74) is 1.15. The van der Waals surface area contributed by atoms with E-state index in [1.54, 1.807) is 32.2 Å². The molecule has 1 aliphatic heterocycles. The Labute approximate surface area is 239 Å². The molecule has 0 spiro atoms. The van der Waals surface area contributed by atoms with Gasteiger partial charge in [0.1, 0.15) is 0 Å². The van der Waals surface area contributed by atoms with E-state index >= 15 is 0 Å². The van der Waals surface area contributed by atoms with Crippen molar-refractivity contribution in [1.82, 2.24) is 29.7 Å². The molecule has 1 fully saturated rings. The number of imidazole rings is 1. The fourth-order valence-corrected chi connectivity index (χ4v) is 3.99. The van der Waals surface area contributed by atoms with Gasteiger partial charge in [-0.05, 0) is 39.8 Å². The third kappa shape index (κ3) is 7.78. The number of para-hydroxylation sites is 1. The summed E-state index contributed by atoms with van der Waals surface area (Å²) in [4.78, 5) is 46.8. The smallest absolute Gasteiger partial charge is 0.475 e. The molecular formula is C27H33F3N8O4. The number of carbonyl (C=O) groups is 2. The highest BCUT2D eigenvalue weighted by Gasteiger charge is 2.38. The van der Waals surface area contributed by atoms with Gasteiger partial charge in [-0.2, -0.15) is 23.1 Å². The average Bonchev–Trinajstić information content (AvgIpc) is 3.28. The van der Waals surface area contributed by atoms with Crippen molar-refractivity contribution >= 4 is 40.6 Å². The Bertz CT molecular complexity index is 1570. The van der Waals surface area contributed by atoms with Gasteiger partial charge < -0.3 is 26.0 Å². The number of hydrogen-bond acceptors (Lipinski definition) is 8. The first-order valence-electron chi connectivity index (χ1n) is 12.9. The van der Waals surface area contributed by atoms with Crippen molar-refractivity contribution in [2.75, 3.05) is 36.4 Å². The van der Waals surface area contributed by atoms with Gasteiger partial charge in [0.05, 0.1) is 17.8 Å². The van der Waals surface area contributed by atoms with E-state index in [4.69, 9.17) is 14.9 Å². The van der Waals surface area contributed by atoms with Gasteiger partial charge in [0, 0.05) is 38.8 Å². The van der Waals surface area contributed by atoms with Crippen molar-refractivity contribution in [1.29, 1.82) is 0 Å². The van der Waals surface area contributed by atoms with E-state index in [2.05, 4.69) is 37.7 Å². The highest BCUT2D eigenvalue weighted by atomic mass is 19.4. The Morgan fingerprint density at radius 3 is 2.31 bits per heavy atom. The first-order chi connectivity index (χ1) is 19.6. The minimum absolute atomic E-state index is 0.213. The van der Waals surface area contributed by atoms with Crippen molar-refractivity contribution in [2.24, 2.45) is 7.05 Å². The van der Waals surface area contributed by atoms with Crippen LogP contribution in [0.5, 0.6) is 0 Å². The summed E-state index contributed by atoms with van der Waals surface area (Å²) in [5, 5.41) is 16.6. The Morgan fingerprint density at radius 1 is 1.12 bits per heavy atom. The number of piperazine rings is 1. The number of carboxylic acid groups (broad SMARTS) is 1. The number of aromatic nitrogens is 4. The Morgan fingerprint density at radius 2 is 1.74 bits per heavy atom. The molecule has 0 bridgehead atoms. The predicted molar refractivity (Wildman–Crippen MR) is 152 cm³/mol. The minimum atomic E-state index is -5.08. The lowest BCUT2D eigenvalue weighted by Crippen LogP contribution is -2.44. The average molecular weight is 591 g/mol. The number of nitrogens with one attached hydrogen (secondary N) is 3. The van der Waals surface area contributed by atoms with Crippen molar-refractivity contribution in [3.8, 4) is 11.8 Å². The van der Waals surface area contributed by atoms with Crippen molar-refractivity contribution in [2.45, 2.75) is 46.0 Å². The van der Waals surface area contributed by atoms with Crippen LogP contribution in [0.4, 0.5) is 30.8 Å². The van der Waals surface area contributed by atoms with E-state index in [-0.39, 0.29) is 17.0 Å². The van der Waals surface area contributed by atoms with Crippen LogP contribution in [0.2, 0.25) is 0 Å². The van der Waals surface area contributed by atoms with Gasteiger partial charge in [-0.15, -0.1) is 5.92 Å². The van der Waals surface area contributed by atoms with Gasteiger partial charge >= 0.3 is 12.1 Å². The highest BCUT2D eigenvalue weighted by molar-refractivity contribution is 6.00. The maximum atomic E-state index is 13.5. The molecule has 1 aromatic carbocycles. The van der Waals surface area contributed by atoms with Crippen molar-refractivity contribution in [3.05, 3.63) is 40.2 Å². The number of alkyl halides is 3. The molecule has 0 aliphatic carbocycles. The first kappa shape index (κ1) is 31.9. The largest absolute Gasteiger partial charge is 0.490 e. The molecule has 0 radical (unpaired) electrons. The van der Waals surface area contributed by atoms with Crippen LogP contribution in [0.25, 0.3) is 11.2 Å². The van der Waals surface area contributed by atoms with Gasteiger partial charge in [-0.1, -0.05) is 18.1 Å². The number of carboxylic acids is 1. The number of anilines is 3. The molecule has 42 heavy (non-hydrogen) atoms. The van der Waals surface area contributed by atoms with Gasteiger partial charge in [0.25, 0.3) is 11.5 Å². The summed E-state index contributed by atoms with van der Waals surface area (Å²) in [6, 6.07) is 7.15. The molecule has 3 aromatic rings. The standard InChI is InChI=1S/C25H32N8O2.C2HF3O2/c1-6-7-14-33-19-20(29-24(33)32-15-12-26-13-16-32)28-23(31(5)22(19)35)27-18-11-9-8-10-17(18)21(34)30-25(2,3)4;3-2(4,5)1(6)7/h8-11,26H,12-16H2,1-5H3,(H,27,28)(H,30,34);(H,6,7). The zero-order chi connectivity index (χ0) is 31.2. The van der Waals surface area contributed by atoms with Gasteiger partial charge in [-0.25, -0.2) is 4.79 Å². The molecule has 4 N–H and O–H groups in total. The summed E-state index contributed by atoms with van der Waals surface area (Å²) in [6.45, 7) is 11.2. The molecule has 0 saturated carbocycles. The third-order valence-corrected chi connectivity index (χ3v) is 5.93. The summed E-state index contributed by atoms with van der Waals surface area (Å²) in [7, 11) is 1.66. The number of fused-ring (bicyclic) bond motifs is 1. The number of benzene rings is 1. The third-order valence-electron chi connectivity index (χ3n) is 5.93. The molecule has 226 valence electrons. The normalized spacial score (nSPS) is 13.5. The molecule has 1 amide bonds. The SMILES string of the molecule is CC#CCn1c(N2CCNCC2)nc2nc(Nc3ccccc3C(=O)NC(C)(C)C)n(C)c(=O)c21.O=C(O)C(F)(F)F. The lowest BCUT2D eigenvalue weighted by Gasteiger charge is -2.28. The minimum Gasteiger partial charge on any atom is -0.475 e. The number of aliphatic carboxylic acids is 1. The quantitative estimate of drug-likeness (QED) is 0.329. The van der Waals surface area contributed by atoms with Crippen LogP contribution in [-0.2, 0) is 18.4 Å². The number of carbonyl (C=O) groups excluding carboxylic acids is 1. The topological polar surface area (TPSA) is 146 Å². The van der Waals surface area contributed by atoms with Crippen LogP contribution < -0.4 is 26.4 Å². The van der Waals surface area contributed by atoms with Crippen molar-refractivity contribution in [3.63, 3.8) is 0 Å². The number of rotatable bonds is 5. The first-order valence-corrected chi connectivity index (χ1v) is 12.9. The van der Waals surface area contributed by atoms with Gasteiger partial charge in [0.15, 0.2) is 11.2 Å². The highest BCUT2D eigenvalue weighted by Crippen LogP contribution is 2.24. The monoisotopic (exact) mass is 590 g/mol. The molecule has 4 rings (SSSR count). The second-order valence-corrected chi connectivity index (χ2v) is 10.3. The van der Waals surface area contributed by atoms with Crippen LogP contribution in [0.15, 0.2) is 29.1 Å². The van der Waals surface area contributed by atoms with Crippen LogP contribution in [0.3, 0.4) is 0 Å². The lowest BCUT2D eigenvalue weighted by atomic mass is 10.1. The van der Waals surface area contributed by atoms with Crippen LogP contribution in [-0.4, -0.2) is 74.0 Å².